The lowest BCUT2D eigenvalue weighted by Gasteiger charge is -2.34. The van der Waals surface area contributed by atoms with Gasteiger partial charge in [-0.1, -0.05) is 195 Å². The van der Waals surface area contributed by atoms with Crippen molar-refractivity contribution < 1.29 is 23.9 Å². The van der Waals surface area contributed by atoms with Gasteiger partial charge in [-0.15, -0.1) is 0 Å². The summed E-state index contributed by atoms with van der Waals surface area (Å²) in [6.07, 6.45) is 46.7. The van der Waals surface area contributed by atoms with E-state index >= 15 is 0 Å². The number of amides is 1. The van der Waals surface area contributed by atoms with Gasteiger partial charge >= 0.3 is 11.9 Å². The summed E-state index contributed by atoms with van der Waals surface area (Å²) >= 11 is 0. The molecule has 1 aliphatic rings. The van der Waals surface area contributed by atoms with Crippen molar-refractivity contribution in [2.24, 2.45) is 11.8 Å². The Balaban J connectivity index is 2.58. The zero-order valence-corrected chi connectivity index (χ0v) is 43.7. The number of ether oxygens (including phenoxy) is 2. The largest absolute Gasteiger partial charge is 0.465 e. The average Bonchev–Trinajstić information content (AvgIpc) is 3.31. The Hall–Kier alpha value is -1.63. The molecular formula is C57H110N2O5. The molecule has 0 spiro atoms. The molecule has 0 heterocycles. The summed E-state index contributed by atoms with van der Waals surface area (Å²) in [5.74, 6) is 1.32. The Kier molecular flexibility index (Phi) is 42.6. The lowest BCUT2D eigenvalue weighted by atomic mass is 9.93. The van der Waals surface area contributed by atoms with Crippen molar-refractivity contribution in [3.63, 3.8) is 0 Å². The molecule has 0 bridgehead atoms. The van der Waals surface area contributed by atoms with Crippen LogP contribution in [0.15, 0.2) is 0 Å². The molecule has 0 N–H and O–H groups in total. The van der Waals surface area contributed by atoms with Gasteiger partial charge in [0.25, 0.3) is 0 Å². The lowest BCUT2D eigenvalue weighted by molar-refractivity contribution is -0.146. The Morgan fingerprint density at radius 1 is 0.422 bits per heavy atom. The smallest absolute Gasteiger partial charge is 0.305 e. The summed E-state index contributed by atoms with van der Waals surface area (Å²) in [6, 6.07) is 0.435. The molecule has 64 heavy (non-hydrogen) atoms. The van der Waals surface area contributed by atoms with Gasteiger partial charge in [-0.2, -0.15) is 0 Å². The zero-order chi connectivity index (χ0) is 46.6. The van der Waals surface area contributed by atoms with E-state index in [1.54, 1.807) is 0 Å². The van der Waals surface area contributed by atoms with E-state index in [4.69, 9.17) is 9.47 Å². The van der Waals surface area contributed by atoms with Crippen LogP contribution >= 0.6 is 0 Å². The number of hydrogen-bond donors (Lipinski definition) is 0. The van der Waals surface area contributed by atoms with Crippen molar-refractivity contribution in [3.8, 4) is 0 Å². The maximum Gasteiger partial charge on any atom is 0.305 e. The summed E-state index contributed by atoms with van der Waals surface area (Å²) in [5, 5.41) is 0. The lowest BCUT2D eigenvalue weighted by Crippen LogP contribution is -2.42. The summed E-state index contributed by atoms with van der Waals surface area (Å²) < 4.78 is 11.8. The van der Waals surface area contributed by atoms with Crippen molar-refractivity contribution in [1.29, 1.82) is 0 Å². The number of hydrogen-bond acceptors (Lipinski definition) is 6. The Labute approximate surface area is 398 Å². The SMILES string of the molecule is CCCCCCCCC(CCCCCC)COC(=O)CCCCCN(CCCCCC(=O)OCC(CCCCCC)CCCCCCCC)CCCCN(C(=O)CC)C1CCCCC1. The predicted octanol–water partition coefficient (Wildman–Crippen LogP) is 16.5. The minimum atomic E-state index is -0.0127. The first kappa shape index (κ1) is 60.4. The highest BCUT2D eigenvalue weighted by molar-refractivity contribution is 5.76. The van der Waals surface area contributed by atoms with E-state index in [-0.39, 0.29) is 11.9 Å². The topological polar surface area (TPSA) is 76.2 Å². The van der Waals surface area contributed by atoms with E-state index in [0.29, 0.717) is 56.3 Å². The van der Waals surface area contributed by atoms with Crippen LogP contribution in [0.4, 0.5) is 0 Å². The Bertz CT molecular complexity index is 989. The number of carbonyl (C=O) groups excluding carboxylic acids is 3. The third-order valence-corrected chi connectivity index (χ3v) is 14.3. The summed E-state index contributed by atoms with van der Waals surface area (Å²) in [4.78, 5) is 43.5. The molecule has 2 unspecified atom stereocenters. The molecule has 0 aromatic carbocycles. The average molecular weight is 904 g/mol. The molecule has 0 aromatic heterocycles. The van der Waals surface area contributed by atoms with Crippen molar-refractivity contribution in [3.05, 3.63) is 0 Å². The molecule has 0 saturated heterocycles. The minimum Gasteiger partial charge on any atom is -0.465 e. The van der Waals surface area contributed by atoms with Gasteiger partial charge in [0.1, 0.15) is 0 Å². The van der Waals surface area contributed by atoms with Gasteiger partial charge in [0, 0.05) is 31.8 Å². The standard InChI is InChI=1S/C57H110N2O5/c1-6-11-15-19-21-28-40-52(38-26-17-13-8-3)50-63-56(61)44-32-24-34-46-58(48-36-37-49-59(55(60)10-5)54-42-30-23-31-43-54)47-35-25-33-45-57(62)64-51-53(39-27-18-14-9-4)41-29-22-20-16-12-7-2/h52-54H,6-51H2,1-5H3. The predicted molar refractivity (Wildman–Crippen MR) is 274 cm³/mol. The van der Waals surface area contributed by atoms with Crippen LogP contribution < -0.4 is 0 Å². The first-order valence-corrected chi connectivity index (χ1v) is 28.7. The van der Waals surface area contributed by atoms with Crippen LogP contribution in [-0.2, 0) is 23.9 Å². The fraction of sp³-hybridized carbons (Fsp3) is 0.947. The normalized spacial score (nSPS) is 14.2. The molecule has 2 atom stereocenters. The molecule has 1 aliphatic carbocycles. The number of rotatable bonds is 47. The number of nitrogens with zero attached hydrogens (tertiary/aromatic N) is 2. The molecule has 0 aliphatic heterocycles. The maximum atomic E-state index is 12.9. The van der Waals surface area contributed by atoms with Gasteiger partial charge in [-0.3, -0.25) is 14.4 Å². The first-order chi connectivity index (χ1) is 31.4. The van der Waals surface area contributed by atoms with E-state index in [2.05, 4.69) is 37.5 Å². The monoisotopic (exact) mass is 903 g/mol. The highest BCUT2D eigenvalue weighted by atomic mass is 16.5. The molecule has 1 amide bonds. The summed E-state index contributed by atoms with van der Waals surface area (Å²) in [6.45, 7) is 16.3. The Morgan fingerprint density at radius 2 is 0.766 bits per heavy atom. The van der Waals surface area contributed by atoms with Crippen LogP contribution in [-0.4, -0.2) is 73.1 Å². The second kappa shape index (κ2) is 45.2. The molecule has 1 rings (SSSR count). The van der Waals surface area contributed by atoms with E-state index in [1.807, 2.05) is 6.92 Å². The molecule has 378 valence electrons. The maximum absolute atomic E-state index is 12.9. The van der Waals surface area contributed by atoms with Gasteiger partial charge in [-0.25, -0.2) is 0 Å². The molecule has 7 heteroatoms. The van der Waals surface area contributed by atoms with Crippen molar-refractivity contribution in [2.75, 3.05) is 39.4 Å². The van der Waals surface area contributed by atoms with Gasteiger partial charge in [0.15, 0.2) is 0 Å². The number of esters is 2. The quantitative estimate of drug-likeness (QED) is 0.0447. The van der Waals surface area contributed by atoms with Gasteiger partial charge in [0.05, 0.1) is 13.2 Å². The van der Waals surface area contributed by atoms with Crippen LogP contribution in [0.25, 0.3) is 0 Å². The highest BCUT2D eigenvalue weighted by Crippen LogP contribution is 2.25. The Morgan fingerprint density at radius 3 is 1.17 bits per heavy atom. The van der Waals surface area contributed by atoms with E-state index < -0.39 is 0 Å². The van der Waals surface area contributed by atoms with Crippen LogP contribution in [0.3, 0.4) is 0 Å². The van der Waals surface area contributed by atoms with E-state index in [0.717, 1.165) is 90.4 Å². The summed E-state index contributed by atoms with van der Waals surface area (Å²) in [5.41, 5.74) is 0. The molecule has 1 saturated carbocycles. The minimum absolute atomic E-state index is 0.0127. The van der Waals surface area contributed by atoms with Gasteiger partial charge in [-0.05, 0) is 109 Å². The molecule has 0 radical (unpaired) electrons. The van der Waals surface area contributed by atoms with E-state index in [9.17, 15) is 14.4 Å². The van der Waals surface area contributed by atoms with Crippen molar-refractivity contribution >= 4 is 17.8 Å². The fourth-order valence-corrected chi connectivity index (χ4v) is 9.96. The first-order valence-electron chi connectivity index (χ1n) is 28.7. The highest BCUT2D eigenvalue weighted by Gasteiger charge is 2.24. The zero-order valence-electron chi connectivity index (χ0n) is 43.7. The molecule has 7 nitrogen and oxygen atoms in total. The second-order valence-electron chi connectivity index (χ2n) is 20.3. The number of unbranched alkanes of at least 4 members (excludes halogenated alkanes) is 21. The van der Waals surface area contributed by atoms with Crippen molar-refractivity contribution in [2.45, 2.75) is 297 Å². The number of carbonyl (C=O) groups is 3. The van der Waals surface area contributed by atoms with Crippen molar-refractivity contribution in [1.82, 2.24) is 9.80 Å². The van der Waals surface area contributed by atoms with Gasteiger partial charge in [0.2, 0.25) is 5.91 Å². The van der Waals surface area contributed by atoms with Crippen LogP contribution in [0.2, 0.25) is 0 Å². The summed E-state index contributed by atoms with van der Waals surface area (Å²) in [7, 11) is 0. The van der Waals surface area contributed by atoms with E-state index in [1.165, 1.54) is 173 Å². The molecule has 1 fully saturated rings. The molecular weight excluding hydrogens is 793 g/mol. The van der Waals surface area contributed by atoms with Gasteiger partial charge < -0.3 is 19.3 Å². The third-order valence-electron chi connectivity index (χ3n) is 14.3. The van der Waals surface area contributed by atoms with Crippen LogP contribution in [0, 0.1) is 11.8 Å². The third kappa shape index (κ3) is 35.5. The fourth-order valence-electron chi connectivity index (χ4n) is 9.96. The van der Waals surface area contributed by atoms with Crippen LogP contribution in [0.1, 0.15) is 291 Å². The second-order valence-corrected chi connectivity index (χ2v) is 20.3. The molecule has 0 aromatic rings. The van der Waals surface area contributed by atoms with Crippen LogP contribution in [0.5, 0.6) is 0 Å².